The van der Waals surface area contributed by atoms with Gasteiger partial charge in [-0.05, 0) is 66.1 Å². The van der Waals surface area contributed by atoms with Crippen molar-refractivity contribution in [2.75, 3.05) is 19.5 Å². The lowest BCUT2D eigenvalue weighted by molar-refractivity contribution is -0.115. The largest absolute Gasteiger partial charge is 0.497 e. The minimum absolute atomic E-state index is 0.0356. The van der Waals surface area contributed by atoms with Crippen LogP contribution < -0.4 is 14.8 Å². The molecule has 0 aliphatic heterocycles. The molecule has 44 heavy (non-hydrogen) atoms. The lowest BCUT2D eigenvalue weighted by Crippen LogP contribution is -2.30. The Labute approximate surface area is 262 Å². The van der Waals surface area contributed by atoms with Crippen LogP contribution in [0.5, 0.6) is 11.5 Å². The molecule has 1 heterocycles. The highest BCUT2D eigenvalue weighted by Crippen LogP contribution is 2.32. The maximum absolute atomic E-state index is 14.6. The number of rotatable bonds is 12. The summed E-state index contributed by atoms with van der Waals surface area (Å²) in [5.74, 6) is 1.02. The Hall–Kier alpha value is -4.38. The molecule has 0 saturated carbocycles. The Morgan fingerprint density at radius 2 is 1.50 bits per heavy atom. The highest BCUT2D eigenvalue weighted by atomic mass is 35.5. The Morgan fingerprint density at radius 1 is 0.909 bits per heavy atom. The summed E-state index contributed by atoms with van der Waals surface area (Å²) in [5.41, 5.74) is 3.18. The third-order valence-corrected chi connectivity index (χ3v) is 9.47. The first-order valence-corrected chi connectivity index (χ1v) is 15.8. The highest BCUT2D eigenvalue weighted by Gasteiger charge is 2.29. The number of fused-ring (bicyclic) bond motifs is 1. The van der Waals surface area contributed by atoms with E-state index < -0.39 is 10.0 Å². The van der Waals surface area contributed by atoms with Crippen LogP contribution in [0.15, 0.2) is 96.0 Å². The second kappa shape index (κ2) is 13.5. The van der Waals surface area contributed by atoms with E-state index in [1.54, 1.807) is 73.6 Å². The van der Waals surface area contributed by atoms with Crippen molar-refractivity contribution < 1.29 is 22.7 Å². The van der Waals surface area contributed by atoms with Crippen LogP contribution in [-0.4, -0.2) is 42.6 Å². The zero-order valence-electron chi connectivity index (χ0n) is 24.7. The van der Waals surface area contributed by atoms with Gasteiger partial charge in [-0.1, -0.05) is 54.1 Å². The topological polar surface area (TPSA) is 103 Å². The van der Waals surface area contributed by atoms with E-state index >= 15 is 0 Å². The number of aryl methyl sites for hydroxylation is 1. The first-order valence-electron chi connectivity index (χ1n) is 14.0. The molecular weight excluding hydrogens is 600 g/mol. The lowest BCUT2D eigenvalue weighted by Gasteiger charge is -2.24. The third kappa shape index (κ3) is 6.88. The van der Waals surface area contributed by atoms with Crippen molar-refractivity contribution in [2.24, 2.45) is 0 Å². The van der Waals surface area contributed by atoms with Crippen LogP contribution in [0.2, 0.25) is 5.02 Å². The van der Waals surface area contributed by atoms with Gasteiger partial charge in [0.2, 0.25) is 15.9 Å². The van der Waals surface area contributed by atoms with Gasteiger partial charge in [-0.25, -0.2) is 8.42 Å². The summed E-state index contributed by atoms with van der Waals surface area (Å²) in [6.07, 6.45) is 1.59. The number of ether oxygens (including phenoxy) is 2. The van der Waals surface area contributed by atoms with Crippen molar-refractivity contribution >= 4 is 44.1 Å². The smallest absolute Gasteiger partial charge is 0.244 e. The summed E-state index contributed by atoms with van der Waals surface area (Å²) < 4.78 is 42.9. The van der Waals surface area contributed by atoms with Gasteiger partial charge in [-0.3, -0.25) is 9.48 Å². The summed E-state index contributed by atoms with van der Waals surface area (Å²) in [7, 11) is -0.968. The predicted octanol–water partition coefficient (Wildman–Crippen LogP) is 6.30. The van der Waals surface area contributed by atoms with E-state index in [2.05, 4.69) is 10.4 Å². The van der Waals surface area contributed by atoms with E-state index in [1.807, 2.05) is 37.3 Å². The van der Waals surface area contributed by atoms with Gasteiger partial charge in [0.1, 0.15) is 11.5 Å². The molecule has 0 atom stereocenters. The molecule has 1 amide bonds. The molecule has 4 aromatic carbocycles. The lowest BCUT2D eigenvalue weighted by atomic mass is 10.1. The first-order chi connectivity index (χ1) is 21.2. The van der Waals surface area contributed by atoms with Gasteiger partial charge in [0.25, 0.3) is 0 Å². The highest BCUT2D eigenvalue weighted by molar-refractivity contribution is 7.89. The first kappa shape index (κ1) is 31.1. The van der Waals surface area contributed by atoms with Crippen LogP contribution in [0, 0.1) is 0 Å². The molecule has 0 spiro atoms. The molecule has 0 aliphatic rings. The quantitative estimate of drug-likeness (QED) is 0.173. The number of nitrogens with one attached hydrogen (secondary N) is 1. The number of anilines is 1. The van der Waals surface area contributed by atoms with Crippen molar-refractivity contribution in [1.82, 2.24) is 14.1 Å². The number of aromatic nitrogens is 2. The predicted molar refractivity (Wildman–Crippen MR) is 172 cm³/mol. The number of hydrogen-bond acceptors (Lipinski definition) is 6. The van der Waals surface area contributed by atoms with Gasteiger partial charge in [0.05, 0.1) is 37.2 Å². The summed E-state index contributed by atoms with van der Waals surface area (Å²) in [5, 5.41) is 8.25. The Bertz CT molecular complexity index is 1820. The zero-order chi connectivity index (χ0) is 31.3. The molecule has 11 heteroatoms. The fourth-order valence-electron chi connectivity index (χ4n) is 4.94. The monoisotopic (exact) mass is 632 g/mol. The molecule has 0 radical (unpaired) electrons. The van der Waals surface area contributed by atoms with Crippen LogP contribution in [-0.2, 0) is 40.9 Å². The molecule has 0 bridgehead atoms. The minimum atomic E-state index is -4.13. The normalized spacial score (nSPS) is 11.6. The number of sulfonamides is 1. The van der Waals surface area contributed by atoms with Gasteiger partial charge in [0, 0.05) is 35.7 Å². The molecule has 5 rings (SSSR count). The summed E-state index contributed by atoms with van der Waals surface area (Å²) in [6.45, 7) is 2.64. The SMILES string of the molecule is CCn1ncc2c(S(=O)(=O)N(Cc3ccc(OC)cc3)Cc3ccc(OC)cc3)cc(NC(=O)Cc3ccccc3Cl)cc21. The van der Waals surface area contributed by atoms with E-state index in [0.717, 1.165) is 11.1 Å². The van der Waals surface area contributed by atoms with Gasteiger partial charge in [0.15, 0.2) is 0 Å². The second-order valence-corrected chi connectivity index (χ2v) is 12.5. The van der Waals surface area contributed by atoms with E-state index in [-0.39, 0.29) is 30.3 Å². The number of halogens is 1. The zero-order valence-corrected chi connectivity index (χ0v) is 26.2. The van der Waals surface area contributed by atoms with E-state index in [1.165, 1.54) is 10.4 Å². The van der Waals surface area contributed by atoms with Gasteiger partial charge in [-0.2, -0.15) is 9.40 Å². The molecule has 0 saturated heterocycles. The fraction of sp³-hybridized carbons (Fsp3) is 0.212. The molecule has 1 N–H and O–H groups in total. The summed E-state index contributed by atoms with van der Waals surface area (Å²) in [6, 6.07) is 24.9. The Kier molecular flexibility index (Phi) is 9.53. The Morgan fingerprint density at radius 3 is 2.05 bits per heavy atom. The molecule has 0 fully saturated rings. The summed E-state index contributed by atoms with van der Waals surface area (Å²) >= 11 is 6.27. The number of nitrogens with zero attached hydrogens (tertiary/aromatic N) is 3. The number of carbonyl (C=O) groups excluding carboxylic acids is 1. The average Bonchev–Trinajstić information content (AvgIpc) is 3.45. The van der Waals surface area contributed by atoms with Crippen molar-refractivity contribution in [1.29, 1.82) is 0 Å². The second-order valence-electron chi connectivity index (χ2n) is 10.2. The van der Waals surface area contributed by atoms with Crippen LogP contribution >= 0.6 is 11.6 Å². The van der Waals surface area contributed by atoms with Gasteiger partial charge >= 0.3 is 0 Å². The minimum Gasteiger partial charge on any atom is -0.497 e. The molecular formula is C33H33ClN4O5S. The van der Waals surface area contributed by atoms with Crippen LogP contribution in [0.4, 0.5) is 5.69 Å². The average molecular weight is 633 g/mol. The van der Waals surface area contributed by atoms with Crippen LogP contribution in [0.1, 0.15) is 23.6 Å². The molecule has 228 valence electrons. The van der Waals surface area contributed by atoms with E-state index in [0.29, 0.717) is 45.2 Å². The van der Waals surface area contributed by atoms with E-state index in [9.17, 15) is 13.2 Å². The molecule has 0 unspecified atom stereocenters. The standard InChI is InChI=1S/C33H33ClN4O5S/c1-4-38-31-18-26(36-33(39)17-25-7-5-6-8-30(25)34)19-32(29(31)20-35-38)44(40,41)37(21-23-9-13-27(42-2)14-10-23)22-24-11-15-28(43-3)16-12-24/h5-16,18-20H,4,17,21-22H2,1-3H3,(H,36,39). The maximum atomic E-state index is 14.6. The fourth-order valence-corrected chi connectivity index (χ4v) is 6.77. The molecule has 9 nitrogen and oxygen atoms in total. The van der Waals surface area contributed by atoms with Crippen LogP contribution in [0.3, 0.4) is 0 Å². The maximum Gasteiger partial charge on any atom is 0.244 e. The molecule has 5 aromatic rings. The van der Waals surface area contributed by atoms with E-state index in [4.69, 9.17) is 21.1 Å². The van der Waals surface area contributed by atoms with Crippen molar-refractivity contribution in [3.8, 4) is 11.5 Å². The van der Waals surface area contributed by atoms with Crippen molar-refractivity contribution in [2.45, 2.75) is 37.9 Å². The van der Waals surface area contributed by atoms with Crippen molar-refractivity contribution in [3.63, 3.8) is 0 Å². The number of amides is 1. The summed E-state index contributed by atoms with van der Waals surface area (Å²) in [4.78, 5) is 13.1. The van der Waals surface area contributed by atoms with Gasteiger partial charge < -0.3 is 14.8 Å². The van der Waals surface area contributed by atoms with Crippen molar-refractivity contribution in [3.05, 3.63) is 113 Å². The third-order valence-electron chi connectivity index (χ3n) is 7.27. The number of methoxy groups -OCH3 is 2. The number of benzene rings is 4. The molecule has 1 aromatic heterocycles. The Balaban J connectivity index is 1.55. The number of hydrogen-bond donors (Lipinski definition) is 1. The van der Waals surface area contributed by atoms with Gasteiger partial charge in [-0.15, -0.1) is 0 Å². The number of carbonyl (C=O) groups is 1. The van der Waals surface area contributed by atoms with Crippen LogP contribution in [0.25, 0.3) is 10.9 Å². The molecule has 0 aliphatic carbocycles.